The number of ether oxygens (including phenoxy) is 1. The van der Waals surface area contributed by atoms with Crippen LogP contribution in [0.15, 0.2) is 4.99 Å². The lowest BCUT2D eigenvalue weighted by Gasteiger charge is -2.07. The summed E-state index contributed by atoms with van der Waals surface area (Å²) in [5.74, 6) is -0.365. The van der Waals surface area contributed by atoms with Gasteiger partial charge in [0, 0.05) is 6.54 Å². The highest BCUT2D eigenvalue weighted by atomic mass is 16.5. The number of rotatable bonds is 5. The summed E-state index contributed by atoms with van der Waals surface area (Å²) in [5, 5.41) is 0. The number of carbonyl (C=O) groups excluding carboxylic acids is 1. The van der Waals surface area contributed by atoms with Gasteiger partial charge < -0.3 is 21.9 Å². The SMILES string of the molecule is COC(=O)[C@H](N)CCCN=C(N)N. The van der Waals surface area contributed by atoms with Crippen molar-refractivity contribution in [2.24, 2.45) is 22.2 Å². The Labute approximate surface area is 77.1 Å². The maximum absolute atomic E-state index is 10.8. The van der Waals surface area contributed by atoms with Gasteiger partial charge in [0.1, 0.15) is 6.04 Å². The van der Waals surface area contributed by atoms with Crippen LogP contribution in [0.5, 0.6) is 0 Å². The second-order valence-electron chi connectivity index (χ2n) is 2.58. The van der Waals surface area contributed by atoms with Crippen LogP contribution in [0.4, 0.5) is 0 Å². The number of aliphatic imine (C=N–C) groups is 1. The summed E-state index contributed by atoms with van der Waals surface area (Å²) in [6, 6.07) is -0.584. The first-order valence-corrected chi connectivity index (χ1v) is 3.96. The minimum absolute atomic E-state index is 0.0478. The zero-order chi connectivity index (χ0) is 10.3. The highest BCUT2D eigenvalue weighted by Gasteiger charge is 2.11. The fourth-order valence-electron chi connectivity index (χ4n) is 0.789. The highest BCUT2D eigenvalue weighted by molar-refractivity contribution is 5.76. The van der Waals surface area contributed by atoms with Crippen LogP contribution in [0.2, 0.25) is 0 Å². The maximum Gasteiger partial charge on any atom is 0.322 e. The molecule has 0 aromatic heterocycles. The third-order valence-electron chi connectivity index (χ3n) is 1.47. The van der Waals surface area contributed by atoms with Crippen molar-refractivity contribution in [2.45, 2.75) is 18.9 Å². The van der Waals surface area contributed by atoms with E-state index in [-0.39, 0.29) is 5.96 Å². The van der Waals surface area contributed by atoms with Gasteiger partial charge in [0.2, 0.25) is 0 Å². The lowest BCUT2D eigenvalue weighted by atomic mass is 10.2. The van der Waals surface area contributed by atoms with Gasteiger partial charge in [-0.2, -0.15) is 0 Å². The summed E-state index contributed by atoms with van der Waals surface area (Å²) in [6.45, 7) is 0.479. The quantitative estimate of drug-likeness (QED) is 0.211. The van der Waals surface area contributed by atoms with Gasteiger partial charge >= 0.3 is 5.97 Å². The second-order valence-corrected chi connectivity index (χ2v) is 2.58. The summed E-state index contributed by atoms with van der Waals surface area (Å²) in [5.41, 5.74) is 15.7. The van der Waals surface area contributed by atoms with Gasteiger partial charge in [0.25, 0.3) is 0 Å². The number of guanidine groups is 1. The molecular weight excluding hydrogens is 172 g/mol. The van der Waals surface area contributed by atoms with Gasteiger partial charge in [-0.25, -0.2) is 0 Å². The predicted molar refractivity (Wildman–Crippen MR) is 49.9 cm³/mol. The van der Waals surface area contributed by atoms with Gasteiger partial charge in [-0.3, -0.25) is 9.79 Å². The van der Waals surface area contributed by atoms with E-state index < -0.39 is 12.0 Å². The summed E-state index contributed by atoms with van der Waals surface area (Å²) in [7, 11) is 1.30. The first-order valence-electron chi connectivity index (χ1n) is 3.96. The molecule has 76 valence electrons. The largest absolute Gasteiger partial charge is 0.468 e. The van der Waals surface area contributed by atoms with Gasteiger partial charge in [-0.05, 0) is 12.8 Å². The topological polar surface area (TPSA) is 117 Å². The van der Waals surface area contributed by atoms with Gasteiger partial charge in [-0.15, -0.1) is 0 Å². The average Bonchev–Trinajstić information content (AvgIpc) is 2.10. The van der Waals surface area contributed by atoms with E-state index in [1.54, 1.807) is 0 Å². The number of nitrogens with two attached hydrogens (primary N) is 3. The van der Waals surface area contributed by atoms with Crippen LogP contribution in [-0.4, -0.2) is 31.6 Å². The van der Waals surface area contributed by atoms with E-state index in [2.05, 4.69) is 9.73 Å². The summed E-state index contributed by atoms with van der Waals surface area (Å²) < 4.78 is 4.44. The van der Waals surface area contributed by atoms with Crippen LogP contribution >= 0.6 is 0 Å². The van der Waals surface area contributed by atoms with Crippen molar-refractivity contribution in [1.29, 1.82) is 0 Å². The van der Waals surface area contributed by atoms with E-state index in [1.807, 2.05) is 0 Å². The standard InChI is InChI=1S/C7H16N4O2/c1-13-6(12)5(8)3-2-4-11-7(9)10/h5H,2-4,8H2,1H3,(H4,9,10,11)/t5-/m1/s1. The number of carbonyl (C=O) groups is 1. The van der Waals surface area contributed by atoms with Gasteiger partial charge in [-0.1, -0.05) is 0 Å². The molecule has 6 heteroatoms. The minimum Gasteiger partial charge on any atom is -0.468 e. The van der Waals surface area contributed by atoms with Crippen LogP contribution in [0.25, 0.3) is 0 Å². The average molecular weight is 188 g/mol. The molecule has 0 fully saturated rings. The Morgan fingerprint density at radius 3 is 2.62 bits per heavy atom. The molecule has 0 saturated heterocycles. The molecule has 0 bridgehead atoms. The number of esters is 1. The molecule has 6 nitrogen and oxygen atoms in total. The van der Waals surface area contributed by atoms with Gasteiger partial charge in [0.15, 0.2) is 5.96 Å². The molecule has 0 amide bonds. The fourth-order valence-corrected chi connectivity index (χ4v) is 0.789. The predicted octanol–water partition coefficient (Wildman–Crippen LogP) is -1.46. The smallest absolute Gasteiger partial charge is 0.322 e. The Balaban J connectivity index is 3.53. The Bertz CT molecular complexity index is 189. The number of nitrogens with zero attached hydrogens (tertiary/aromatic N) is 1. The minimum atomic E-state index is -0.584. The third kappa shape index (κ3) is 5.92. The molecule has 0 heterocycles. The highest BCUT2D eigenvalue weighted by Crippen LogP contribution is 1.96. The molecule has 0 aromatic rings. The van der Waals surface area contributed by atoms with Crippen LogP contribution in [0.3, 0.4) is 0 Å². The molecule has 0 aromatic carbocycles. The monoisotopic (exact) mass is 188 g/mol. The Morgan fingerprint density at radius 2 is 2.15 bits per heavy atom. The molecule has 6 N–H and O–H groups in total. The molecule has 0 rings (SSSR count). The zero-order valence-electron chi connectivity index (χ0n) is 7.69. The first-order chi connectivity index (χ1) is 6.07. The second kappa shape index (κ2) is 6.24. The zero-order valence-corrected chi connectivity index (χ0v) is 7.69. The van der Waals surface area contributed by atoms with Crippen molar-refractivity contribution in [3.63, 3.8) is 0 Å². The molecule has 0 aliphatic rings. The lowest BCUT2D eigenvalue weighted by molar-refractivity contribution is -0.142. The Kier molecular flexibility index (Phi) is 5.62. The van der Waals surface area contributed by atoms with Crippen molar-refractivity contribution >= 4 is 11.9 Å². The molecular formula is C7H16N4O2. The summed E-state index contributed by atoms with van der Waals surface area (Å²) in [6.07, 6.45) is 1.18. The molecule has 0 spiro atoms. The molecule has 0 saturated carbocycles. The van der Waals surface area contributed by atoms with Crippen LogP contribution < -0.4 is 17.2 Å². The number of hydrogen-bond acceptors (Lipinski definition) is 4. The van der Waals surface area contributed by atoms with Crippen LogP contribution in [0, 0.1) is 0 Å². The summed E-state index contributed by atoms with van der Waals surface area (Å²) in [4.78, 5) is 14.6. The van der Waals surface area contributed by atoms with Crippen molar-refractivity contribution in [3.8, 4) is 0 Å². The molecule has 0 unspecified atom stereocenters. The number of hydrogen-bond donors (Lipinski definition) is 3. The summed E-state index contributed by atoms with van der Waals surface area (Å²) >= 11 is 0. The van der Waals surface area contributed by atoms with E-state index in [0.29, 0.717) is 19.4 Å². The van der Waals surface area contributed by atoms with Gasteiger partial charge in [0.05, 0.1) is 7.11 Å². The molecule has 0 radical (unpaired) electrons. The van der Waals surface area contributed by atoms with E-state index >= 15 is 0 Å². The van der Waals surface area contributed by atoms with Crippen molar-refractivity contribution in [3.05, 3.63) is 0 Å². The Morgan fingerprint density at radius 1 is 1.54 bits per heavy atom. The van der Waals surface area contributed by atoms with Crippen LogP contribution in [-0.2, 0) is 9.53 Å². The van der Waals surface area contributed by atoms with E-state index in [9.17, 15) is 4.79 Å². The van der Waals surface area contributed by atoms with E-state index in [4.69, 9.17) is 17.2 Å². The Hall–Kier alpha value is -1.30. The first kappa shape index (κ1) is 11.7. The van der Waals surface area contributed by atoms with Crippen molar-refractivity contribution in [2.75, 3.05) is 13.7 Å². The van der Waals surface area contributed by atoms with Crippen molar-refractivity contribution in [1.82, 2.24) is 0 Å². The number of methoxy groups -OCH3 is 1. The third-order valence-corrected chi connectivity index (χ3v) is 1.47. The van der Waals surface area contributed by atoms with Crippen molar-refractivity contribution < 1.29 is 9.53 Å². The van der Waals surface area contributed by atoms with Crippen LogP contribution in [0.1, 0.15) is 12.8 Å². The lowest BCUT2D eigenvalue weighted by Crippen LogP contribution is -2.31. The maximum atomic E-state index is 10.8. The molecule has 13 heavy (non-hydrogen) atoms. The normalized spacial score (nSPS) is 11.8. The van der Waals surface area contributed by atoms with E-state index in [0.717, 1.165) is 0 Å². The van der Waals surface area contributed by atoms with E-state index in [1.165, 1.54) is 7.11 Å². The molecule has 1 atom stereocenters. The molecule has 0 aliphatic carbocycles. The fraction of sp³-hybridized carbons (Fsp3) is 0.714. The molecule has 0 aliphatic heterocycles.